The largest absolute Gasteiger partial charge is 0.502 e. The number of nitrogens with one attached hydrogen (secondary N) is 2. The Morgan fingerprint density at radius 2 is 1.76 bits per heavy atom. The number of ether oxygens (including phenoxy) is 1. The second-order valence-electron chi connectivity index (χ2n) is 9.13. The lowest BCUT2D eigenvalue weighted by molar-refractivity contribution is 0.0342. The SMILES string of the molecule is O=c1[nH]cnc(C[C@H](CNCCCF)c2ccc(C#Cc3ccc(CN4CCOCC4)cc3)cc2)c1O. The van der Waals surface area contributed by atoms with Crippen LogP contribution >= 0.6 is 0 Å². The Kier molecular flexibility index (Phi) is 9.83. The number of benzene rings is 2. The third-order valence-electron chi connectivity index (χ3n) is 6.42. The predicted molar refractivity (Wildman–Crippen MR) is 141 cm³/mol. The molecular formula is C29H33FN4O3. The molecule has 2 aromatic carbocycles. The fourth-order valence-corrected chi connectivity index (χ4v) is 4.28. The number of halogens is 1. The quantitative estimate of drug-likeness (QED) is 0.291. The number of H-pyrrole nitrogens is 1. The zero-order valence-electron chi connectivity index (χ0n) is 20.9. The van der Waals surface area contributed by atoms with E-state index >= 15 is 0 Å². The van der Waals surface area contributed by atoms with Gasteiger partial charge in [0.15, 0.2) is 0 Å². The van der Waals surface area contributed by atoms with Crippen LogP contribution < -0.4 is 10.9 Å². The van der Waals surface area contributed by atoms with E-state index in [1.54, 1.807) is 0 Å². The first-order valence-electron chi connectivity index (χ1n) is 12.7. The molecule has 1 atom stereocenters. The fraction of sp³-hybridized carbons (Fsp3) is 0.379. The monoisotopic (exact) mass is 504 g/mol. The van der Waals surface area contributed by atoms with Gasteiger partial charge in [0.25, 0.3) is 5.56 Å². The zero-order chi connectivity index (χ0) is 25.9. The second kappa shape index (κ2) is 13.7. The van der Waals surface area contributed by atoms with Crippen molar-refractivity contribution in [2.75, 3.05) is 46.1 Å². The van der Waals surface area contributed by atoms with Crippen LogP contribution in [0.25, 0.3) is 0 Å². The number of nitrogens with zero attached hydrogens (tertiary/aromatic N) is 2. The van der Waals surface area contributed by atoms with Crippen LogP contribution in [0.5, 0.6) is 5.75 Å². The Bertz CT molecular complexity index is 1240. The highest BCUT2D eigenvalue weighted by molar-refractivity contribution is 5.44. The van der Waals surface area contributed by atoms with Gasteiger partial charge in [-0.1, -0.05) is 36.1 Å². The van der Waals surface area contributed by atoms with Crippen LogP contribution in [0.15, 0.2) is 59.7 Å². The maximum absolute atomic E-state index is 12.5. The molecule has 0 unspecified atom stereocenters. The van der Waals surface area contributed by atoms with Crippen molar-refractivity contribution in [1.29, 1.82) is 0 Å². The molecule has 0 radical (unpaired) electrons. The normalized spacial score (nSPS) is 14.6. The van der Waals surface area contributed by atoms with Crippen molar-refractivity contribution >= 4 is 0 Å². The first-order valence-corrected chi connectivity index (χ1v) is 12.7. The van der Waals surface area contributed by atoms with E-state index in [4.69, 9.17) is 4.74 Å². The summed E-state index contributed by atoms with van der Waals surface area (Å²) in [7, 11) is 0. The minimum atomic E-state index is -0.561. The van der Waals surface area contributed by atoms with Crippen LogP contribution in [-0.2, 0) is 17.7 Å². The molecule has 2 heterocycles. The van der Waals surface area contributed by atoms with E-state index in [9.17, 15) is 14.3 Å². The van der Waals surface area contributed by atoms with E-state index < -0.39 is 5.56 Å². The zero-order valence-corrected chi connectivity index (χ0v) is 20.9. The van der Waals surface area contributed by atoms with Crippen LogP contribution in [0.3, 0.4) is 0 Å². The van der Waals surface area contributed by atoms with Gasteiger partial charge in [0, 0.05) is 49.6 Å². The van der Waals surface area contributed by atoms with Gasteiger partial charge in [-0.05, 0) is 48.4 Å². The highest BCUT2D eigenvalue weighted by Gasteiger charge is 2.17. The molecule has 0 spiro atoms. The number of hydrogen-bond acceptors (Lipinski definition) is 6. The number of alkyl halides is 1. The van der Waals surface area contributed by atoms with Gasteiger partial charge >= 0.3 is 0 Å². The molecule has 7 nitrogen and oxygen atoms in total. The van der Waals surface area contributed by atoms with Gasteiger partial charge in [0.2, 0.25) is 5.75 Å². The summed E-state index contributed by atoms with van der Waals surface area (Å²) in [5, 5.41) is 13.4. The molecule has 3 N–H and O–H groups in total. The summed E-state index contributed by atoms with van der Waals surface area (Å²) in [5.74, 6) is 6.03. The number of aromatic amines is 1. The van der Waals surface area contributed by atoms with E-state index in [1.165, 1.54) is 11.9 Å². The van der Waals surface area contributed by atoms with Crippen molar-refractivity contribution in [3.05, 3.63) is 93.2 Å². The molecule has 194 valence electrons. The highest BCUT2D eigenvalue weighted by atomic mass is 19.1. The Labute approximate surface area is 216 Å². The van der Waals surface area contributed by atoms with Gasteiger partial charge in [0.1, 0.15) is 0 Å². The van der Waals surface area contributed by atoms with Crippen molar-refractivity contribution in [3.63, 3.8) is 0 Å². The molecule has 8 heteroatoms. The Hall–Kier alpha value is -3.51. The molecule has 1 saturated heterocycles. The molecule has 1 fully saturated rings. The Balaban J connectivity index is 1.41. The van der Waals surface area contributed by atoms with E-state index in [0.717, 1.165) is 49.5 Å². The summed E-state index contributed by atoms with van der Waals surface area (Å²) in [5.41, 5.74) is 3.91. The first kappa shape index (κ1) is 26.6. The van der Waals surface area contributed by atoms with Crippen molar-refractivity contribution in [2.24, 2.45) is 0 Å². The van der Waals surface area contributed by atoms with Crippen molar-refractivity contribution in [3.8, 4) is 17.6 Å². The van der Waals surface area contributed by atoms with Crippen LogP contribution in [-0.4, -0.2) is 66.0 Å². The number of aromatic nitrogens is 2. The number of rotatable bonds is 10. The van der Waals surface area contributed by atoms with Crippen LogP contribution in [0.4, 0.5) is 4.39 Å². The molecule has 0 saturated carbocycles. The average molecular weight is 505 g/mol. The van der Waals surface area contributed by atoms with E-state index in [0.29, 0.717) is 31.6 Å². The summed E-state index contributed by atoms with van der Waals surface area (Å²) >= 11 is 0. The summed E-state index contributed by atoms with van der Waals surface area (Å²) in [6, 6.07) is 16.3. The summed E-state index contributed by atoms with van der Waals surface area (Å²) in [6.45, 7) is 5.19. The minimum Gasteiger partial charge on any atom is -0.502 e. The van der Waals surface area contributed by atoms with Gasteiger partial charge < -0.3 is 20.1 Å². The molecule has 0 amide bonds. The van der Waals surface area contributed by atoms with Crippen molar-refractivity contribution in [2.45, 2.75) is 25.3 Å². The molecule has 3 aromatic rings. The molecule has 1 aliphatic rings. The van der Waals surface area contributed by atoms with E-state index in [1.807, 2.05) is 24.3 Å². The third-order valence-corrected chi connectivity index (χ3v) is 6.42. The van der Waals surface area contributed by atoms with Crippen LogP contribution in [0.2, 0.25) is 0 Å². The molecule has 0 bridgehead atoms. The molecular weight excluding hydrogens is 471 g/mol. The predicted octanol–water partition coefficient (Wildman–Crippen LogP) is 2.98. The maximum atomic E-state index is 12.5. The summed E-state index contributed by atoms with van der Waals surface area (Å²) < 4.78 is 17.9. The standard InChI is InChI=1S/C29H33FN4O3/c30-12-1-13-31-19-26(18-27-28(35)29(36)33-21-32-27)25-10-8-23(9-11-25)3-2-22-4-6-24(7-5-22)20-34-14-16-37-17-15-34/h4-11,21,26,31,35H,1,12-20H2,(H,32,33,36)/t26-/m1/s1. The lowest BCUT2D eigenvalue weighted by Gasteiger charge is -2.26. The number of morpholine rings is 1. The third kappa shape index (κ3) is 7.99. The molecule has 4 rings (SSSR count). The second-order valence-corrected chi connectivity index (χ2v) is 9.13. The Morgan fingerprint density at radius 1 is 1.08 bits per heavy atom. The summed E-state index contributed by atoms with van der Waals surface area (Å²) in [6.07, 6.45) is 2.10. The van der Waals surface area contributed by atoms with Gasteiger partial charge in [-0.25, -0.2) is 4.98 Å². The van der Waals surface area contributed by atoms with Gasteiger partial charge in [-0.15, -0.1) is 0 Å². The number of aromatic hydroxyl groups is 1. The lowest BCUT2D eigenvalue weighted by atomic mass is 9.93. The smallest absolute Gasteiger partial charge is 0.293 e. The molecule has 37 heavy (non-hydrogen) atoms. The summed E-state index contributed by atoms with van der Waals surface area (Å²) in [4.78, 5) is 20.7. The first-order chi connectivity index (χ1) is 18.1. The topological polar surface area (TPSA) is 90.5 Å². The van der Waals surface area contributed by atoms with Gasteiger partial charge in [-0.3, -0.25) is 14.1 Å². The molecule has 1 aliphatic heterocycles. The number of hydrogen-bond donors (Lipinski definition) is 3. The maximum Gasteiger partial charge on any atom is 0.293 e. The van der Waals surface area contributed by atoms with Gasteiger partial charge in [-0.2, -0.15) is 0 Å². The van der Waals surface area contributed by atoms with Gasteiger partial charge in [0.05, 0.1) is 31.9 Å². The van der Waals surface area contributed by atoms with Crippen molar-refractivity contribution in [1.82, 2.24) is 20.2 Å². The molecule has 1 aromatic heterocycles. The minimum absolute atomic E-state index is 0.0548. The fourth-order valence-electron chi connectivity index (χ4n) is 4.28. The highest BCUT2D eigenvalue weighted by Crippen LogP contribution is 2.23. The van der Waals surface area contributed by atoms with E-state index in [-0.39, 0.29) is 18.3 Å². The Morgan fingerprint density at radius 3 is 2.43 bits per heavy atom. The van der Waals surface area contributed by atoms with E-state index in [2.05, 4.69) is 56.3 Å². The van der Waals surface area contributed by atoms with Crippen molar-refractivity contribution < 1.29 is 14.2 Å². The van der Waals surface area contributed by atoms with Crippen LogP contribution in [0.1, 0.15) is 40.3 Å². The lowest BCUT2D eigenvalue weighted by Crippen LogP contribution is -2.35. The molecule has 0 aliphatic carbocycles. The average Bonchev–Trinajstić information content (AvgIpc) is 2.93. The van der Waals surface area contributed by atoms with Crippen LogP contribution in [0, 0.1) is 11.8 Å².